The first kappa shape index (κ1) is 14.5. The molecule has 0 fully saturated rings. The van der Waals surface area contributed by atoms with Gasteiger partial charge in [-0.05, 0) is 32.4 Å². The fourth-order valence-electron chi connectivity index (χ4n) is 1.96. The smallest absolute Gasteiger partial charge is 0.255 e. The molecule has 1 amide bonds. The third-order valence-corrected chi connectivity index (χ3v) is 3.25. The minimum Gasteiger partial charge on any atom is -0.339 e. The van der Waals surface area contributed by atoms with Crippen molar-refractivity contribution in [3.63, 3.8) is 0 Å². The lowest BCUT2D eigenvalue weighted by Crippen LogP contribution is -2.35. The van der Waals surface area contributed by atoms with Crippen LogP contribution in [0.15, 0.2) is 18.2 Å². The van der Waals surface area contributed by atoms with Crippen molar-refractivity contribution in [1.82, 2.24) is 4.90 Å². The zero-order valence-corrected chi connectivity index (χ0v) is 11.7. The molecule has 1 atom stereocenters. The predicted octanol–water partition coefficient (Wildman–Crippen LogP) is 2.54. The highest BCUT2D eigenvalue weighted by molar-refractivity contribution is 5.99. The van der Waals surface area contributed by atoms with Crippen LogP contribution in [0.25, 0.3) is 0 Å². The van der Waals surface area contributed by atoms with Crippen molar-refractivity contribution in [3.05, 3.63) is 29.3 Å². The molecule has 0 aliphatic heterocycles. The molecule has 0 aliphatic rings. The van der Waals surface area contributed by atoms with Crippen molar-refractivity contribution in [2.45, 2.75) is 39.7 Å². The van der Waals surface area contributed by atoms with Crippen LogP contribution in [0.2, 0.25) is 0 Å². The molecule has 0 radical (unpaired) electrons. The number of carbonyl (C=O) groups excluding carboxylic acids is 1. The fraction of sp³-hybridized carbons (Fsp3) is 0.500. The molecule has 1 aromatic carbocycles. The highest BCUT2D eigenvalue weighted by Gasteiger charge is 2.19. The van der Waals surface area contributed by atoms with Crippen LogP contribution >= 0.6 is 0 Å². The van der Waals surface area contributed by atoms with Gasteiger partial charge in [-0.1, -0.05) is 25.0 Å². The van der Waals surface area contributed by atoms with E-state index >= 15 is 0 Å². The summed E-state index contributed by atoms with van der Waals surface area (Å²) in [7, 11) is 1.84. The summed E-state index contributed by atoms with van der Waals surface area (Å²) in [6.45, 7) is 6.15. The lowest BCUT2D eigenvalue weighted by molar-refractivity contribution is 0.0737. The number of hydrogen-bond acceptors (Lipinski definition) is 3. The highest BCUT2D eigenvalue weighted by Crippen LogP contribution is 2.19. The van der Waals surface area contributed by atoms with Gasteiger partial charge in [0.15, 0.2) is 0 Å². The Morgan fingerprint density at radius 2 is 2.17 bits per heavy atom. The Bertz CT molecular complexity index is 418. The van der Waals surface area contributed by atoms with Crippen LogP contribution in [-0.2, 0) is 0 Å². The molecule has 0 aromatic heterocycles. The van der Waals surface area contributed by atoms with Gasteiger partial charge in [-0.25, -0.2) is 0 Å². The summed E-state index contributed by atoms with van der Waals surface area (Å²) in [6, 6.07) is 5.86. The summed E-state index contributed by atoms with van der Waals surface area (Å²) >= 11 is 0. The van der Waals surface area contributed by atoms with Gasteiger partial charge in [0.05, 0.1) is 11.3 Å². The van der Waals surface area contributed by atoms with Gasteiger partial charge in [-0.15, -0.1) is 0 Å². The van der Waals surface area contributed by atoms with E-state index < -0.39 is 0 Å². The average molecular weight is 249 g/mol. The molecule has 4 nitrogen and oxygen atoms in total. The van der Waals surface area contributed by atoms with Gasteiger partial charge in [0, 0.05) is 13.1 Å². The monoisotopic (exact) mass is 249 g/mol. The summed E-state index contributed by atoms with van der Waals surface area (Å²) < 4.78 is 0. The van der Waals surface area contributed by atoms with Crippen LogP contribution in [0.5, 0.6) is 0 Å². The predicted molar refractivity (Wildman–Crippen MR) is 75.5 cm³/mol. The number of rotatable bonds is 5. The molecule has 18 heavy (non-hydrogen) atoms. The Morgan fingerprint density at radius 3 is 2.72 bits per heavy atom. The fourth-order valence-corrected chi connectivity index (χ4v) is 1.96. The molecule has 3 N–H and O–H groups in total. The molecule has 0 saturated carbocycles. The standard InChI is InChI=1S/C14H23N3O/c1-5-6-11(3)17(4)14(18)12-9-10(2)7-8-13(12)16-15/h7-9,11,16H,5-6,15H2,1-4H3. The van der Waals surface area contributed by atoms with Crippen molar-refractivity contribution >= 4 is 11.6 Å². The summed E-state index contributed by atoms with van der Waals surface area (Å²) in [5.41, 5.74) is 4.93. The van der Waals surface area contributed by atoms with Crippen LogP contribution < -0.4 is 11.3 Å². The number of hydrogen-bond donors (Lipinski definition) is 2. The van der Waals surface area contributed by atoms with Crippen LogP contribution in [0.1, 0.15) is 42.6 Å². The number of aryl methyl sites for hydroxylation is 1. The lowest BCUT2D eigenvalue weighted by atomic mass is 10.1. The maximum absolute atomic E-state index is 12.4. The first-order chi connectivity index (χ1) is 8.51. The summed E-state index contributed by atoms with van der Waals surface area (Å²) in [5.74, 6) is 5.46. The normalized spacial score (nSPS) is 12.1. The van der Waals surface area contributed by atoms with E-state index in [0.717, 1.165) is 18.4 Å². The van der Waals surface area contributed by atoms with Gasteiger partial charge >= 0.3 is 0 Å². The molecule has 1 unspecified atom stereocenters. The van der Waals surface area contributed by atoms with E-state index in [9.17, 15) is 4.79 Å². The van der Waals surface area contributed by atoms with Gasteiger partial charge < -0.3 is 10.3 Å². The number of hydrazine groups is 1. The number of carbonyl (C=O) groups is 1. The van der Waals surface area contributed by atoms with Gasteiger partial charge in [0.1, 0.15) is 0 Å². The third-order valence-electron chi connectivity index (χ3n) is 3.25. The van der Waals surface area contributed by atoms with Gasteiger partial charge in [-0.2, -0.15) is 0 Å². The van der Waals surface area contributed by atoms with Crippen LogP contribution in [0, 0.1) is 6.92 Å². The largest absolute Gasteiger partial charge is 0.339 e. The lowest BCUT2D eigenvalue weighted by Gasteiger charge is -2.25. The quantitative estimate of drug-likeness (QED) is 0.623. The number of nitrogens with two attached hydrogens (primary N) is 1. The number of nitrogens with zero attached hydrogens (tertiary/aromatic N) is 1. The van der Waals surface area contributed by atoms with Crippen molar-refractivity contribution in [1.29, 1.82) is 0 Å². The number of nitrogen functional groups attached to an aromatic ring is 1. The molecule has 0 heterocycles. The summed E-state index contributed by atoms with van der Waals surface area (Å²) in [5, 5.41) is 0. The Balaban J connectivity index is 2.98. The summed E-state index contributed by atoms with van der Waals surface area (Å²) in [4.78, 5) is 14.2. The molecule has 1 aromatic rings. The second kappa shape index (κ2) is 6.40. The Kier molecular flexibility index (Phi) is 5.16. The Labute approximate surface area is 109 Å². The molecule has 4 heteroatoms. The Morgan fingerprint density at radius 1 is 1.50 bits per heavy atom. The molecule has 1 rings (SSSR count). The summed E-state index contributed by atoms with van der Waals surface area (Å²) in [6.07, 6.45) is 2.06. The second-order valence-corrected chi connectivity index (χ2v) is 4.75. The minimum absolute atomic E-state index is 0.00704. The maximum Gasteiger partial charge on any atom is 0.255 e. The van der Waals surface area contributed by atoms with Crippen LogP contribution in [-0.4, -0.2) is 23.9 Å². The van der Waals surface area contributed by atoms with E-state index in [1.54, 1.807) is 4.90 Å². The first-order valence-corrected chi connectivity index (χ1v) is 6.35. The number of nitrogens with one attached hydrogen (secondary N) is 1. The minimum atomic E-state index is 0.00704. The molecular weight excluding hydrogens is 226 g/mol. The average Bonchev–Trinajstić information content (AvgIpc) is 2.37. The number of anilines is 1. The zero-order valence-electron chi connectivity index (χ0n) is 11.7. The topological polar surface area (TPSA) is 58.4 Å². The molecule has 100 valence electrons. The van der Waals surface area contributed by atoms with Crippen molar-refractivity contribution in [2.24, 2.45) is 5.84 Å². The molecule has 0 aliphatic carbocycles. The van der Waals surface area contributed by atoms with Gasteiger partial charge in [0.2, 0.25) is 0 Å². The van der Waals surface area contributed by atoms with Crippen molar-refractivity contribution in [3.8, 4) is 0 Å². The molecular formula is C14H23N3O. The Hall–Kier alpha value is -1.55. The molecule has 0 saturated heterocycles. The maximum atomic E-state index is 12.4. The number of benzene rings is 1. The van der Waals surface area contributed by atoms with E-state index in [4.69, 9.17) is 5.84 Å². The van der Waals surface area contributed by atoms with Gasteiger partial charge in [-0.3, -0.25) is 10.6 Å². The van der Waals surface area contributed by atoms with E-state index in [1.165, 1.54) is 0 Å². The van der Waals surface area contributed by atoms with E-state index in [-0.39, 0.29) is 11.9 Å². The van der Waals surface area contributed by atoms with Crippen molar-refractivity contribution < 1.29 is 4.79 Å². The molecule has 0 bridgehead atoms. The zero-order chi connectivity index (χ0) is 13.7. The van der Waals surface area contributed by atoms with Crippen LogP contribution in [0.3, 0.4) is 0 Å². The first-order valence-electron chi connectivity index (χ1n) is 6.35. The third kappa shape index (κ3) is 3.23. The van der Waals surface area contributed by atoms with Crippen molar-refractivity contribution in [2.75, 3.05) is 12.5 Å². The van der Waals surface area contributed by atoms with E-state index in [0.29, 0.717) is 11.3 Å². The van der Waals surface area contributed by atoms with Crippen LogP contribution in [0.4, 0.5) is 5.69 Å². The van der Waals surface area contributed by atoms with E-state index in [1.807, 2.05) is 32.2 Å². The SMILES string of the molecule is CCCC(C)N(C)C(=O)c1cc(C)ccc1NN. The van der Waals surface area contributed by atoms with E-state index in [2.05, 4.69) is 19.3 Å². The molecule has 0 spiro atoms. The van der Waals surface area contributed by atoms with Gasteiger partial charge in [0.25, 0.3) is 5.91 Å². The second-order valence-electron chi connectivity index (χ2n) is 4.75. The number of amides is 1. The highest BCUT2D eigenvalue weighted by atomic mass is 16.2.